The van der Waals surface area contributed by atoms with E-state index in [4.69, 9.17) is 4.74 Å². The average Bonchev–Trinajstić information content (AvgIpc) is 2.52. The third kappa shape index (κ3) is 3.08. The Labute approximate surface area is 120 Å². The van der Waals surface area contributed by atoms with Crippen LogP contribution in [0, 0.1) is 11.6 Å². The lowest BCUT2D eigenvalue weighted by Gasteiger charge is -2.09. The summed E-state index contributed by atoms with van der Waals surface area (Å²) in [6.07, 6.45) is 0.870. The Hall–Kier alpha value is -2.69. The number of rotatable bonds is 4. The molecule has 3 nitrogen and oxygen atoms in total. The van der Waals surface area contributed by atoms with Crippen molar-refractivity contribution in [2.24, 2.45) is 0 Å². The number of carbonyl (C=O) groups is 1. The van der Waals surface area contributed by atoms with E-state index in [-0.39, 0.29) is 5.56 Å². The van der Waals surface area contributed by atoms with E-state index in [0.29, 0.717) is 11.3 Å². The number of hydrogen-bond donors (Lipinski definition) is 0. The van der Waals surface area contributed by atoms with Crippen LogP contribution in [-0.4, -0.2) is 13.1 Å². The van der Waals surface area contributed by atoms with Crippen LogP contribution >= 0.6 is 0 Å². The molecule has 0 spiro atoms. The number of ether oxygens (including phenoxy) is 2. The van der Waals surface area contributed by atoms with Crippen LogP contribution in [0.2, 0.25) is 0 Å². The maximum absolute atomic E-state index is 14.1. The second-order valence-corrected chi connectivity index (χ2v) is 4.09. The minimum absolute atomic E-state index is 0.0635. The third-order valence-electron chi connectivity index (χ3n) is 2.83. The number of carbonyl (C=O) groups excluding carboxylic acids is 1. The fraction of sp³-hybridized carbons (Fsp3) is 0.0625. The molecule has 2 rings (SSSR count). The highest BCUT2D eigenvalue weighted by Crippen LogP contribution is 2.30. The molecule has 0 N–H and O–H groups in total. The summed E-state index contributed by atoms with van der Waals surface area (Å²) in [6.45, 7) is 3.19. The summed E-state index contributed by atoms with van der Waals surface area (Å²) < 4.78 is 37.6. The van der Waals surface area contributed by atoms with Crippen molar-refractivity contribution in [1.29, 1.82) is 0 Å². The summed E-state index contributed by atoms with van der Waals surface area (Å²) in [4.78, 5) is 11.0. The molecule has 0 bridgehead atoms. The summed E-state index contributed by atoms with van der Waals surface area (Å²) in [7, 11) is 1.51. The molecule has 0 atom stereocenters. The number of methoxy groups -OCH3 is 1. The Balaban J connectivity index is 2.39. The van der Waals surface area contributed by atoms with Gasteiger partial charge in [-0.05, 0) is 29.8 Å². The molecule has 0 heterocycles. The number of benzene rings is 2. The first kappa shape index (κ1) is 14.7. The van der Waals surface area contributed by atoms with E-state index in [2.05, 4.69) is 11.3 Å². The Morgan fingerprint density at radius 3 is 2.33 bits per heavy atom. The SMILES string of the molecule is C=CC(=O)Oc1ccc(-c2ccc(OC)cc2)c(F)c1F. The lowest BCUT2D eigenvalue weighted by molar-refractivity contribution is -0.129. The molecule has 2 aromatic carbocycles. The van der Waals surface area contributed by atoms with Crippen LogP contribution in [0.15, 0.2) is 49.1 Å². The molecule has 0 aliphatic heterocycles. The van der Waals surface area contributed by atoms with E-state index >= 15 is 0 Å². The van der Waals surface area contributed by atoms with Gasteiger partial charge in [-0.25, -0.2) is 9.18 Å². The molecule has 0 aliphatic carbocycles. The number of halogens is 2. The van der Waals surface area contributed by atoms with Crippen LogP contribution < -0.4 is 9.47 Å². The summed E-state index contributed by atoms with van der Waals surface area (Å²) in [5, 5.41) is 0. The Morgan fingerprint density at radius 2 is 1.76 bits per heavy atom. The molecule has 108 valence electrons. The smallest absolute Gasteiger partial charge is 0.335 e. The first-order chi connectivity index (χ1) is 10.1. The molecule has 0 aliphatic rings. The highest BCUT2D eigenvalue weighted by Gasteiger charge is 2.17. The average molecular weight is 290 g/mol. The molecular weight excluding hydrogens is 278 g/mol. The summed E-state index contributed by atoms with van der Waals surface area (Å²) >= 11 is 0. The van der Waals surface area contributed by atoms with Gasteiger partial charge in [0.05, 0.1) is 7.11 Å². The maximum Gasteiger partial charge on any atom is 0.335 e. The van der Waals surface area contributed by atoms with E-state index in [0.717, 1.165) is 6.08 Å². The highest BCUT2D eigenvalue weighted by molar-refractivity contribution is 5.83. The minimum atomic E-state index is -1.22. The van der Waals surface area contributed by atoms with E-state index in [1.165, 1.54) is 19.2 Å². The molecule has 0 saturated carbocycles. The minimum Gasteiger partial charge on any atom is -0.497 e. The number of esters is 1. The summed E-state index contributed by atoms with van der Waals surface area (Å²) in [5.74, 6) is -3.04. The van der Waals surface area contributed by atoms with Gasteiger partial charge in [0.1, 0.15) is 5.75 Å². The van der Waals surface area contributed by atoms with Crippen molar-refractivity contribution in [3.63, 3.8) is 0 Å². The van der Waals surface area contributed by atoms with Crippen molar-refractivity contribution in [3.8, 4) is 22.6 Å². The van der Waals surface area contributed by atoms with Crippen molar-refractivity contribution < 1.29 is 23.0 Å². The fourth-order valence-corrected chi connectivity index (χ4v) is 1.75. The van der Waals surface area contributed by atoms with Gasteiger partial charge in [0.15, 0.2) is 11.6 Å². The van der Waals surface area contributed by atoms with Gasteiger partial charge < -0.3 is 9.47 Å². The molecular formula is C16H12F2O3. The molecule has 2 aromatic rings. The van der Waals surface area contributed by atoms with Crippen LogP contribution in [-0.2, 0) is 4.79 Å². The summed E-state index contributed by atoms with van der Waals surface area (Å²) in [5.41, 5.74) is 0.544. The van der Waals surface area contributed by atoms with Crippen molar-refractivity contribution in [3.05, 3.63) is 60.7 Å². The van der Waals surface area contributed by atoms with Crippen LogP contribution in [0.5, 0.6) is 11.5 Å². The highest BCUT2D eigenvalue weighted by atomic mass is 19.2. The fourth-order valence-electron chi connectivity index (χ4n) is 1.75. The molecule has 21 heavy (non-hydrogen) atoms. The van der Waals surface area contributed by atoms with Gasteiger partial charge in [0.25, 0.3) is 0 Å². The van der Waals surface area contributed by atoms with E-state index in [9.17, 15) is 13.6 Å². The molecule has 0 amide bonds. The Morgan fingerprint density at radius 1 is 1.10 bits per heavy atom. The van der Waals surface area contributed by atoms with E-state index in [1.807, 2.05) is 0 Å². The first-order valence-corrected chi connectivity index (χ1v) is 6.03. The predicted molar refractivity (Wildman–Crippen MR) is 74.2 cm³/mol. The summed E-state index contributed by atoms with van der Waals surface area (Å²) in [6, 6.07) is 9.01. The van der Waals surface area contributed by atoms with Gasteiger partial charge in [-0.3, -0.25) is 0 Å². The lowest BCUT2D eigenvalue weighted by Crippen LogP contribution is -2.06. The zero-order valence-electron chi connectivity index (χ0n) is 11.2. The van der Waals surface area contributed by atoms with Crippen LogP contribution in [0.25, 0.3) is 11.1 Å². The standard InChI is InChI=1S/C16H12F2O3/c1-3-14(19)21-13-9-8-12(15(17)16(13)18)10-4-6-11(20-2)7-5-10/h3-9H,1H2,2H3. The van der Waals surface area contributed by atoms with Crippen molar-refractivity contribution in [2.45, 2.75) is 0 Å². The third-order valence-corrected chi connectivity index (χ3v) is 2.83. The number of hydrogen-bond acceptors (Lipinski definition) is 3. The second kappa shape index (κ2) is 6.17. The monoisotopic (exact) mass is 290 g/mol. The first-order valence-electron chi connectivity index (χ1n) is 6.03. The molecule has 0 saturated heterocycles. The zero-order valence-corrected chi connectivity index (χ0v) is 11.2. The van der Waals surface area contributed by atoms with Gasteiger partial charge in [0, 0.05) is 11.6 Å². The van der Waals surface area contributed by atoms with Crippen molar-refractivity contribution >= 4 is 5.97 Å². The van der Waals surface area contributed by atoms with Gasteiger partial charge >= 0.3 is 5.97 Å². The molecule has 0 fully saturated rings. The van der Waals surface area contributed by atoms with E-state index in [1.54, 1.807) is 24.3 Å². The molecule has 0 radical (unpaired) electrons. The van der Waals surface area contributed by atoms with Gasteiger partial charge in [-0.15, -0.1) is 0 Å². The Kier molecular flexibility index (Phi) is 4.33. The predicted octanol–water partition coefficient (Wildman–Crippen LogP) is 3.73. The van der Waals surface area contributed by atoms with Gasteiger partial charge in [-0.1, -0.05) is 18.7 Å². The Bertz CT molecular complexity index is 679. The zero-order chi connectivity index (χ0) is 15.4. The van der Waals surface area contributed by atoms with Crippen LogP contribution in [0.1, 0.15) is 0 Å². The largest absolute Gasteiger partial charge is 0.497 e. The quantitative estimate of drug-likeness (QED) is 0.489. The molecule has 5 heteroatoms. The van der Waals surface area contributed by atoms with Crippen molar-refractivity contribution in [2.75, 3.05) is 7.11 Å². The van der Waals surface area contributed by atoms with Crippen LogP contribution in [0.3, 0.4) is 0 Å². The lowest BCUT2D eigenvalue weighted by atomic mass is 10.0. The maximum atomic E-state index is 14.1. The van der Waals surface area contributed by atoms with Gasteiger partial charge in [0.2, 0.25) is 5.82 Å². The normalized spacial score (nSPS) is 10.0. The molecule has 0 aromatic heterocycles. The van der Waals surface area contributed by atoms with Gasteiger partial charge in [-0.2, -0.15) is 4.39 Å². The topological polar surface area (TPSA) is 35.5 Å². The van der Waals surface area contributed by atoms with Crippen molar-refractivity contribution in [1.82, 2.24) is 0 Å². The molecule has 0 unspecified atom stereocenters. The second-order valence-electron chi connectivity index (χ2n) is 4.09. The van der Waals surface area contributed by atoms with E-state index < -0.39 is 23.4 Å². The van der Waals surface area contributed by atoms with Crippen LogP contribution in [0.4, 0.5) is 8.78 Å².